The van der Waals surface area contributed by atoms with Gasteiger partial charge in [-0.15, -0.1) is 0 Å². The van der Waals surface area contributed by atoms with E-state index in [-0.39, 0.29) is 18.8 Å². The van der Waals surface area contributed by atoms with Gasteiger partial charge in [-0.2, -0.15) is 0 Å². The largest absolute Gasteiger partial charge is 0.394 e. The summed E-state index contributed by atoms with van der Waals surface area (Å²) in [5.41, 5.74) is 5.50. The van der Waals surface area contributed by atoms with Crippen LogP contribution in [0.15, 0.2) is 0 Å². The summed E-state index contributed by atoms with van der Waals surface area (Å²) in [5.74, 6) is 0. The first kappa shape index (κ1) is 7.45. The third-order valence-corrected chi connectivity index (χ3v) is 2.13. The number of aliphatic hydroxyl groups excluding tert-OH is 2. The van der Waals surface area contributed by atoms with Gasteiger partial charge in [-0.05, 0) is 0 Å². The van der Waals surface area contributed by atoms with Crippen molar-refractivity contribution in [2.75, 3.05) is 6.61 Å². The molecule has 64 valence electrons. The molecule has 0 bridgehead atoms. The van der Waals surface area contributed by atoms with E-state index in [1.165, 1.54) is 0 Å². The van der Waals surface area contributed by atoms with Crippen molar-refractivity contribution in [3.05, 3.63) is 0 Å². The molecule has 0 spiro atoms. The van der Waals surface area contributed by atoms with E-state index in [0.29, 0.717) is 0 Å². The molecule has 2 saturated heterocycles. The third-order valence-electron chi connectivity index (χ3n) is 2.13. The van der Waals surface area contributed by atoms with Crippen LogP contribution in [0, 0.1) is 0 Å². The van der Waals surface area contributed by atoms with Crippen LogP contribution < -0.4 is 5.73 Å². The predicted octanol–water partition coefficient (Wildman–Crippen LogP) is -2.21. The van der Waals surface area contributed by atoms with Crippen LogP contribution in [0.1, 0.15) is 0 Å². The van der Waals surface area contributed by atoms with Crippen molar-refractivity contribution >= 4 is 0 Å². The van der Waals surface area contributed by atoms with Gasteiger partial charge in [-0.25, -0.2) is 0 Å². The molecule has 0 saturated carbocycles. The molecule has 0 aromatic heterocycles. The highest BCUT2D eigenvalue weighted by Gasteiger charge is 2.55. The van der Waals surface area contributed by atoms with Gasteiger partial charge in [0.05, 0.1) is 12.6 Å². The average Bonchev–Trinajstić information content (AvgIpc) is 2.76. The highest BCUT2D eigenvalue weighted by atomic mass is 16.7. The molecular formula is C6H11NO4. The van der Waals surface area contributed by atoms with Gasteiger partial charge in [0, 0.05) is 0 Å². The summed E-state index contributed by atoms with van der Waals surface area (Å²) in [6, 6.07) is -0.470. The maximum absolute atomic E-state index is 9.14. The summed E-state index contributed by atoms with van der Waals surface area (Å²) < 4.78 is 10.1. The molecule has 0 aromatic rings. The quantitative estimate of drug-likeness (QED) is 0.379. The fourth-order valence-corrected chi connectivity index (χ4v) is 1.40. The van der Waals surface area contributed by atoms with Gasteiger partial charge >= 0.3 is 0 Å². The summed E-state index contributed by atoms with van der Waals surface area (Å²) in [5, 5.41) is 17.9. The van der Waals surface area contributed by atoms with Crippen molar-refractivity contribution in [3.63, 3.8) is 0 Å². The molecule has 2 unspecified atom stereocenters. The molecule has 2 fully saturated rings. The minimum Gasteiger partial charge on any atom is -0.394 e. The Bertz CT molecular complexity index is 161. The summed E-state index contributed by atoms with van der Waals surface area (Å²) in [7, 11) is 0. The van der Waals surface area contributed by atoms with Gasteiger partial charge in [0.25, 0.3) is 0 Å². The number of fused-ring (bicyclic) bond motifs is 1. The van der Waals surface area contributed by atoms with Crippen LogP contribution in [0.25, 0.3) is 0 Å². The summed E-state index contributed by atoms with van der Waals surface area (Å²) in [6.07, 6.45) is -1.65. The molecule has 5 atom stereocenters. The molecule has 0 aromatic carbocycles. The first-order chi connectivity index (χ1) is 5.24. The Hall–Kier alpha value is -0.200. The molecule has 0 amide bonds. The molecule has 4 N–H and O–H groups in total. The normalized spacial score (nSPS) is 55.4. The van der Waals surface area contributed by atoms with Crippen molar-refractivity contribution in [1.82, 2.24) is 0 Å². The van der Waals surface area contributed by atoms with Crippen LogP contribution in [0.3, 0.4) is 0 Å². The maximum Gasteiger partial charge on any atom is 0.173 e. The van der Waals surface area contributed by atoms with Crippen molar-refractivity contribution in [2.45, 2.75) is 30.6 Å². The molecule has 5 nitrogen and oxygen atoms in total. The van der Waals surface area contributed by atoms with Crippen molar-refractivity contribution in [2.24, 2.45) is 5.73 Å². The lowest BCUT2D eigenvalue weighted by Gasteiger charge is -2.26. The Kier molecular flexibility index (Phi) is 1.62. The zero-order valence-corrected chi connectivity index (χ0v) is 5.88. The van der Waals surface area contributed by atoms with Gasteiger partial charge in [0.15, 0.2) is 6.29 Å². The molecule has 2 aliphatic rings. The number of epoxide rings is 1. The maximum atomic E-state index is 9.14. The van der Waals surface area contributed by atoms with Crippen molar-refractivity contribution < 1.29 is 19.7 Å². The van der Waals surface area contributed by atoms with Crippen LogP contribution in [-0.2, 0) is 9.47 Å². The van der Waals surface area contributed by atoms with Gasteiger partial charge in [0.2, 0.25) is 0 Å². The Morgan fingerprint density at radius 3 is 2.64 bits per heavy atom. The van der Waals surface area contributed by atoms with Gasteiger partial charge < -0.3 is 25.4 Å². The summed E-state index contributed by atoms with van der Waals surface area (Å²) in [6.45, 7) is -0.134. The zero-order valence-electron chi connectivity index (χ0n) is 5.88. The minimum absolute atomic E-state index is 0.113. The first-order valence-electron chi connectivity index (χ1n) is 3.59. The van der Waals surface area contributed by atoms with E-state index >= 15 is 0 Å². The number of hydrogen-bond donors (Lipinski definition) is 3. The fourth-order valence-electron chi connectivity index (χ4n) is 1.40. The number of ether oxygens (including phenoxy) is 2. The van der Waals surface area contributed by atoms with E-state index in [1.54, 1.807) is 0 Å². The fraction of sp³-hybridized carbons (Fsp3) is 1.00. The molecule has 0 radical (unpaired) electrons. The molecule has 0 aliphatic carbocycles. The molecule has 2 heterocycles. The van der Waals surface area contributed by atoms with E-state index < -0.39 is 18.4 Å². The Morgan fingerprint density at radius 2 is 2.00 bits per heavy atom. The number of nitrogens with two attached hydrogens (primary N) is 1. The standard InChI is InChI=1S/C6H11NO4/c7-3-5-4(11-5)2(1-8)10-6(3)9/h2-6,8-9H,1,7H2/t2?,3-,4+,5?,6+/m0/s1. The number of rotatable bonds is 1. The lowest BCUT2D eigenvalue weighted by molar-refractivity contribution is -0.171. The molecule has 2 rings (SSSR count). The smallest absolute Gasteiger partial charge is 0.173 e. The second-order valence-corrected chi connectivity index (χ2v) is 2.89. The van der Waals surface area contributed by atoms with Gasteiger partial charge in [-0.1, -0.05) is 0 Å². The monoisotopic (exact) mass is 161 g/mol. The zero-order chi connectivity index (χ0) is 8.01. The second-order valence-electron chi connectivity index (χ2n) is 2.89. The van der Waals surface area contributed by atoms with E-state index in [1.807, 2.05) is 0 Å². The Morgan fingerprint density at radius 1 is 1.27 bits per heavy atom. The van der Waals surface area contributed by atoms with Crippen LogP contribution >= 0.6 is 0 Å². The highest BCUT2D eigenvalue weighted by molar-refractivity contribution is 5.02. The van der Waals surface area contributed by atoms with Crippen LogP contribution in [0.4, 0.5) is 0 Å². The van der Waals surface area contributed by atoms with E-state index in [0.717, 1.165) is 0 Å². The molecular weight excluding hydrogens is 150 g/mol. The van der Waals surface area contributed by atoms with Gasteiger partial charge in [0.1, 0.15) is 18.3 Å². The van der Waals surface area contributed by atoms with E-state index in [4.69, 9.17) is 25.4 Å². The Balaban J connectivity index is 2.02. The minimum atomic E-state index is -1.00. The SMILES string of the molecule is N[C@H]1C2O[C@@H]2C(CO)O[C@H]1O. The summed E-state index contributed by atoms with van der Waals surface area (Å²) >= 11 is 0. The highest BCUT2D eigenvalue weighted by Crippen LogP contribution is 2.35. The average molecular weight is 161 g/mol. The third kappa shape index (κ3) is 1.05. The van der Waals surface area contributed by atoms with Gasteiger partial charge in [-0.3, -0.25) is 0 Å². The number of aliphatic hydroxyl groups is 2. The second kappa shape index (κ2) is 2.40. The Labute approximate surface area is 63.7 Å². The first-order valence-corrected chi connectivity index (χ1v) is 3.59. The lowest BCUT2D eigenvalue weighted by atomic mass is 10.1. The van der Waals surface area contributed by atoms with E-state index in [9.17, 15) is 0 Å². The lowest BCUT2D eigenvalue weighted by Crippen LogP contribution is -2.50. The molecule has 2 aliphatic heterocycles. The predicted molar refractivity (Wildman–Crippen MR) is 34.6 cm³/mol. The summed E-state index contributed by atoms with van der Waals surface area (Å²) in [4.78, 5) is 0. The van der Waals surface area contributed by atoms with E-state index in [2.05, 4.69) is 0 Å². The van der Waals surface area contributed by atoms with Crippen LogP contribution in [0.2, 0.25) is 0 Å². The van der Waals surface area contributed by atoms with Crippen LogP contribution in [0.5, 0.6) is 0 Å². The van der Waals surface area contributed by atoms with Crippen LogP contribution in [-0.4, -0.2) is 47.5 Å². The topological polar surface area (TPSA) is 88.2 Å². The number of hydrogen-bond acceptors (Lipinski definition) is 5. The molecule has 11 heavy (non-hydrogen) atoms. The molecule has 5 heteroatoms. The van der Waals surface area contributed by atoms with Crippen molar-refractivity contribution in [3.8, 4) is 0 Å². The van der Waals surface area contributed by atoms with Crippen molar-refractivity contribution in [1.29, 1.82) is 0 Å².